The number of aliphatic carboxylic acids is 1. The van der Waals surface area contributed by atoms with Crippen molar-refractivity contribution in [1.82, 2.24) is 14.7 Å². The molecule has 1 N–H and O–H groups in total. The van der Waals surface area contributed by atoms with Crippen LogP contribution in [0.15, 0.2) is 6.07 Å². The molecule has 1 atom stereocenters. The molecule has 0 spiro atoms. The minimum absolute atomic E-state index is 0.0211. The number of aryl methyl sites for hydroxylation is 1. The van der Waals surface area contributed by atoms with Crippen LogP contribution in [0.4, 0.5) is 0 Å². The standard InChI is InChI=1S/C15H23N3O4/c1-4-11(5-2)18-10(3)8-12(16-18)14(19)17-6-7-22-9-13(17)15(20)21/h8,11,13H,4-7,9H2,1-3H3,(H,20,21). The second-order valence-electron chi connectivity index (χ2n) is 5.51. The van der Waals surface area contributed by atoms with E-state index < -0.39 is 12.0 Å². The number of carbonyl (C=O) groups excluding carboxylic acids is 1. The third-order valence-corrected chi connectivity index (χ3v) is 4.10. The van der Waals surface area contributed by atoms with Crippen LogP contribution >= 0.6 is 0 Å². The van der Waals surface area contributed by atoms with Crippen molar-refractivity contribution >= 4 is 11.9 Å². The van der Waals surface area contributed by atoms with E-state index in [1.54, 1.807) is 6.07 Å². The molecule has 2 heterocycles. The zero-order chi connectivity index (χ0) is 16.3. The molecule has 1 saturated heterocycles. The van der Waals surface area contributed by atoms with Crippen molar-refractivity contribution in [2.45, 2.75) is 45.7 Å². The van der Waals surface area contributed by atoms with Gasteiger partial charge >= 0.3 is 5.97 Å². The number of morpholine rings is 1. The van der Waals surface area contributed by atoms with Gasteiger partial charge in [-0.2, -0.15) is 5.10 Å². The number of hydrogen-bond donors (Lipinski definition) is 1. The Bertz CT molecular complexity index is 551. The quantitative estimate of drug-likeness (QED) is 0.890. The summed E-state index contributed by atoms with van der Waals surface area (Å²) in [5.41, 5.74) is 1.22. The molecule has 0 aromatic carbocycles. The molecule has 0 aliphatic carbocycles. The zero-order valence-corrected chi connectivity index (χ0v) is 13.3. The fourth-order valence-electron chi connectivity index (χ4n) is 2.79. The Hall–Kier alpha value is -1.89. The van der Waals surface area contributed by atoms with Crippen LogP contribution in [-0.2, 0) is 9.53 Å². The summed E-state index contributed by atoms with van der Waals surface area (Å²) in [7, 11) is 0. The first-order chi connectivity index (χ1) is 10.5. The van der Waals surface area contributed by atoms with E-state index >= 15 is 0 Å². The van der Waals surface area contributed by atoms with Crippen LogP contribution in [0, 0.1) is 6.92 Å². The van der Waals surface area contributed by atoms with Gasteiger partial charge in [-0.25, -0.2) is 4.79 Å². The van der Waals surface area contributed by atoms with Crippen LogP contribution in [0.5, 0.6) is 0 Å². The van der Waals surface area contributed by atoms with Gasteiger partial charge in [0, 0.05) is 12.2 Å². The van der Waals surface area contributed by atoms with Gasteiger partial charge in [-0.05, 0) is 25.8 Å². The second kappa shape index (κ2) is 6.91. The van der Waals surface area contributed by atoms with Crippen molar-refractivity contribution in [1.29, 1.82) is 0 Å². The Labute approximate surface area is 129 Å². The van der Waals surface area contributed by atoms with E-state index in [1.165, 1.54) is 4.90 Å². The molecule has 22 heavy (non-hydrogen) atoms. The predicted octanol–water partition coefficient (Wildman–Crippen LogP) is 1.48. The molecule has 0 saturated carbocycles. The molecule has 0 radical (unpaired) electrons. The van der Waals surface area contributed by atoms with Crippen LogP contribution in [0.25, 0.3) is 0 Å². The van der Waals surface area contributed by atoms with Crippen molar-refractivity contribution in [2.75, 3.05) is 19.8 Å². The Balaban J connectivity index is 2.25. The van der Waals surface area contributed by atoms with Gasteiger partial charge in [0.1, 0.15) is 0 Å². The summed E-state index contributed by atoms with van der Waals surface area (Å²) in [5, 5.41) is 13.6. The lowest BCUT2D eigenvalue weighted by Gasteiger charge is -2.32. The fourth-order valence-corrected chi connectivity index (χ4v) is 2.79. The molecule has 1 aromatic heterocycles. The maximum atomic E-state index is 12.6. The Morgan fingerprint density at radius 1 is 1.45 bits per heavy atom. The van der Waals surface area contributed by atoms with Gasteiger partial charge in [-0.15, -0.1) is 0 Å². The third-order valence-electron chi connectivity index (χ3n) is 4.10. The van der Waals surface area contributed by atoms with Gasteiger partial charge in [0.15, 0.2) is 11.7 Å². The van der Waals surface area contributed by atoms with Crippen LogP contribution in [-0.4, -0.2) is 57.5 Å². The molecular weight excluding hydrogens is 286 g/mol. The van der Waals surface area contributed by atoms with Crippen LogP contribution in [0.3, 0.4) is 0 Å². The molecule has 1 amide bonds. The summed E-state index contributed by atoms with van der Waals surface area (Å²) in [6, 6.07) is 1.04. The second-order valence-corrected chi connectivity index (χ2v) is 5.51. The van der Waals surface area contributed by atoms with Gasteiger partial charge in [0.05, 0.1) is 19.3 Å². The van der Waals surface area contributed by atoms with Gasteiger partial charge in [0.25, 0.3) is 5.91 Å². The number of carboxylic acids is 1. The third kappa shape index (κ3) is 3.14. The summed E-state index contributed by atoms with van der Waals surface area (Å²) in [6.07, 6.45) is 1.86. The lowest BCUT2D eigenvalue weighted by molar-refractivity contribution is -0.147. The normalized spacial score (nSPS) is 18.7. The number of amides is 1. The predicted molar refractivity (Wildman–Crippen MR) is 79.9 cm³/mol. The highest BCUT2D eigenvalue weighted by Crippen LogP contribution is 2.19. The molecule has 2 rings (SSSR count). The maximum Gasteiger partial charge on any atom is 0.328 e. The van der Waals surface area contributed by atoms with E-state index in [0.717, 1.165) is 18.5 Å². The Morgan fingerprint density at radius 3 is 2.73 bits per heavy atom. The highest BCUT2D eigenvalue weighted by molar-refractivity contribution is 5.95. The summed E-state index contributed by atoms with van der Waals surface area (Å²) in [4.78, 5) is 25.2. The first-order valence-electron chi connectivity index (χ1n) is 7.67. The van der Waals surface area contributed by atoms with Crippen LogP contribution < -0.4 is 0 Å². The largest absolute Gasteiger partial charge is 0.480 e. The number of nitrogens with zero attached hydrogens (tertiary/aromatic N) is 3. The molecule has 1 fully saturated rings. The topological polar surface area (TPSA) is 84.7 Å². The smallest absolute Gasteiger partial charge is 0.328 e. The van der Waals surface area contributed by atoms with Gasteiger partial charge in [-0.3, -0.25) is 9.48 Å². The van der Waals surface area contributed by atoms with E-state index in [0.29, 0.717) is 12.3 Å². The highest BCUT2D eigenvalue weighted by atomic mass is 16.5. The lowest BCUT2D eigenvalue weighted by atomic mass is 10.2. The molecule has 122 valence electrons. The van der Waals surface area contributed by atoms with E-state index in [2.05, 4.69) is 18.9 Å². The van der Waals surface area contributed by atoms with E-state index in [-0.39, 0.29) is 25.1 Å². The lowest BCUT2D eigenvalue weighted by Crippen LogP contribution is -2.52. The zero-order valence-electron chi connectivity index (χ0n) is 13.3. The van der Waals surface area contributed by atoms with Gasteiger partial charge in [0.2, 0.25) is 0 Å². The maximum absolute atomic E-state index is 12.6. The molecule has 1 unspecified atom stereocenters. The minimum Gasteiger partial charge on any atom is -0.480 e. The number of aromatic nitrogens is 2. The molecular formula is C15H23N3O4. The average molecular weight is 309 g/mol. The molecule has 7 nitrogen and oxygen atoms in total. The fraction of sp³-hybridized carbons (Fsp3) is 0.667. The van der Waals surface area contributed by atoms with Crippen LogP contribution in [0.1, 0.15) is 48.9 Å². The van der Waals surface area contributed by atoms with Crippen molar-refractivity contribution < 1.29 is 19.4 Å². The highest BCUT2D eigenvalue weighted by Gasteiger charge is 2.34. The number of rotatable bonds is 5. The number of hydrogen-bond acceptors (Lipinski definition) is 4. The molecule has 7 heteroatoms. The van der Waals surface area contributed by atoms with E-state index in [4.69, 9.17) is 4.74 Å². The monoisotopic (exact) mass is 309 g/mol. The van der Waals surface area contributed by atoms with E-state index in [1.807, 2.05) is 11.6 Å². The number of carboxylic acid groups (broad SMARTS) is 1. The Kier molecular flexibility index (Phi) is 5.18. The summed E-state index contributed by atoms with van der Waals surface area (Å²) in [6.45, 7) is 6.72. The first-order valence-corrected chi connectivity index (χ1v) is 7.67. The van der Waals surface area contributed by atoms with Crippen molar-refractivity contribution in [3.8, 4) is 0 Å². The van der Waals surface area contributed by atoms with Crippen LogP contribution in [0.2, 0.25) is 0 Å². The van der Waals surface area contributed by atoms with Crippen molar-refractivity contribution in [3.05, 3.63) is 17.5 Å². The molecule has 1 aromatic rings. The first kappa shape index (κ1) is 16.5. The summed E-state index contributed by atoms with van der Waals surface area (Å²) < 4.78 is 7.03. The minimum atomic E-state index is -1.05. The van der Waals surface area contributed by atoms with E-state index in [9.17, 15) is 14.7 Å². The van der Waals surface area contributed by atoms with Crippen molar-refractivity contribution in [2.24, 2.45) is 0 Å². The summed E-state index contributed by atoms with van der Waals surface area (Å²) in [5.74, 6) is -1.40. The molecule has 1 aliphatic rings. The molecule has 1 aliphatic heterocycles. The number of carbonyl (C=O) groups is 2. The van der Waals surface area contributed by atoms with Gasteiger partial charge in [-0.1, -0.05) is 13.8 Å². The average Bonchev–Trinajstić information content (AvgIpc) is 2.90. The molecule has 0 bridgehead atoms. The Morgan fingerprint density at radius 2 is 2.14 bits per heavy atom. The SMILES string of the molecule is CCC(CC)n1nc(C(=O)N2CCOCC2C(=O)O)cc1C. The van der Waals surface area contributed by atoms with Gasteiger partial charge < -0.3 is 14.7 Å². The number of ether oxygens (including phenoxy) is 1. The van der Waals surface area contributed by atoms with Crippen molar-refractivity contribution in [3.63, 3.8) is 0 Å². The summed E-state index contributed by atoms with van der Waals surface area (Å²) >= 11 is 0.